The number of carboxylic acids is 1. The van der Waals surface area contributed by atoms with E-state index in [0.717, 1.165) is 0 Å². The average molecular weight is 498 g/mol. The van der Waals surface area contributed by atoms with Crippen molar-refractivity contribution in [3.8, 4) is 5.75 Å². The second kappa shape index (κ2) is 6.15. The van der Waals surface area contributed by atoms with Gasteiger partial charge in [0.25, 0.3) is 0 Å². The second-order valence-corrected chi connectivity index (χ2v) is 5.69. The van der Waals surface area contributed by atoms with Gasteiger partial charge in [-0.05, 0) is 57.3 Å². The van der Waals surface area contributed by atoms with Crippen molar-refractivity contribution in [2.24, 2.45) is 0 Å². The minimum Gasteiger partial charge on any atom is -0.508 e. The zero-order valence-electron chi connectivity index (χ0n) is 8.99. The number of carboxylic acid groups (broad SMARTS) is 1. The number of esters is 1. The highest BCUT2D eigenvalue weighted by Gasteiger charge is 2.40. The molecule has 2 N–H and O–H groups in total. The van der Waals surface area contributed by atoms with E-state index in [4.69, 9.17) is 5.11 Å². The number of phenols is 1. The largest absolute Gasteiger partial charge is 0.508 e. The second-order valence-electron chi connectivity index (χ2n) is 3.37. The van der Waals surface area contributed by atoms with Gasteiger partial charge in [0.05, 0.1) is 5.56 Å². The molecule has 0 atom stereocenters. The lowest BCUT2D eigenvalue weighted by molar-refractivity contribution is -0.170. The molecule has 0 aromatic heterocycles. The summed E-state index contributed by atoms with van der Waals surface area (Å²) < 4.78 is 30.5. The number of phenolic OH excluding ortho intramolecular Hbond substituents is 1. The maximum Gasteiger partial charge on any atom is 0.378 e. The van der Waals surface area contributed by atoms with Crippen molar-refractivity contribution >= 4 is 57.1 Å². The topological polar surface area (TPSA) is 83.8 Å². The zero-order valence-corrected chi connectivity index (χ0v) is 13.3. The van der Waals surface area contributed by atoms with E-state index < -0.39 is 24.5 Å². The highest BCUT2D eigenvalue weighted by atomic mass is 127. The molecule has 0 radical (unpaired) electrons. The molecule has 0 saturated carbocycles. The first-order valence-corrected chi connectivity index (χ1v) is 6.77. The first-order valence-electron chi connectivity index (χ1n) is 4.61. The normalized spacial score (nSPS) is 11.2. The number of carbonyl (C=O) groups is 2. The van der Waals surface area contributed by atoms with Crippen LogP contribution in [0.1, 0.15) is 10.4 Å². The number of halogens is 4. The van der Waals surface area contributed by atoms with Crippen LogP contribution in [0.5, 0.6) is 5.75 Å². The summed E-state index contributed by atoms with van der Waals surface area (Å²) in [5.41, 5.74) is 0.000175. The summed E-state index contributed by atoms with van der Waals surface area (Å²) in [7, 11) is 0. The molecule has 1 aromatic rings. The minimum absolute atomic E-state index is 0.000175. The van der Waals surface area contributed by atoms with Crippen LogP contribution < -0.4 is 0 Å². The van der Waals surface area contributed by atoms with Crippen LogP contribution in [-0.4, -0.2) is 34.7 Å². The average Bonchev–Trinajstić information content (AvgIpc) is 2.24. The van der Waals surface area contributed by atoms with E-state index in [1.54, 1.807) is 45.2 Å². The molecule has 5 nitrogen and oxygen atoms in total. The summed E-state index contributed by atoms with van der Waals surface area (Å²) in [5, 5.41) is 17.5. The zero-order chi connectivity index (χ0) is 14.8. The van der Waals surface area contributed by atoms with Crippen LogP contribution in [0.3, 0.4) is 0 Å². The molecule has 0 saturated heterocycles. The number of benzene rings is 1. The highest BCUT2D eigenvalue weighted by molar-refractivity contribution is 14.1. The Bertz CT molecular complexity index is 510. The van der Waals surface area contributed by atoms with Crippen molar-refractivity contribution in [1.82, 2.24) is 0 Å². The Labute approximate surface area is 133 Å². The SMILES string of the molecule is O=C(OCC(F)(F)C(=O)O)c1c(I)cc(O)cc1I. The number of aromatic hydroxyl groups is 1. The van der Waals surface area contributed by atoms with Gasteiger partial charge in [-0.15, -0.1) is 0 Å². The van der Waals surface area contributed by atoms with Crippen molar-refractivity contribution in [3.63, 3.8) is 0 Å². The first kappa shape index (κ1) is 16.3. The van der Waals surface area contributed by atoms with Gasteiger partial charge < -0.3 is 14.9 Å². The maximum atomic E-state index is 12.8. The summed E-state index contributed by atoms with van der Waals surface area (Å²) in [6, 6.07) is 2.52. The molecule has 1 rings (SSSR count). The molecule has 104 valence electrons. The van der Waals surface area contributed by atoms with Crippen molar-refractivity contribution in [3.05, 3.63) is 24.8 Å². The van der Waals surface area contributed by atoms with E-state index in [1.807, 2.05) is 0 Å². The molecular weight excluding hydrogens is 492 g/mol. The Kier molecular flexibility index (Phi) is 5.29. The maximum absolute atomic E-state index is 12.8. The summed E-state index contributed by atoms with van der Waals surface area (Å²) in [5.74, 6) is -7.66. The van der Waals surface area contributed by atoms with E-state index in [2.05, 4.69) is 4.74 Å². The van der Waals surface area contributed by atoms with Crippen molar-refractivity contribution in [2.45, 2.75) is 5.92 Å². The van der Waals surface area contributed by atoms with Crippen LogP contribution in [-0.2, 0) is 9.53 Å². The van der Waals surface area contributed by atoms with Gasteiger partial charge in [0.2, 0.25) is 0 Å². The first-order chi connectivity index (χ1) is 8.65. The smallest absolute Gasteiger partial charge is 0.378 e. The third kappa shape index (κ3) is 4.12. The highest BCUT2D eigenvalue weighted by Crippen LogP contribution is 2.26. The molecule has 9 heteroatoms. The Hall–Kier alpha value is -0.720. The number of carbonyl (C=O) groups excluding carboxylic acids is 1. The molecule has 0 unspecified atom stereocenters. The molecule has 19 heavy (non-hydrogen) atoms. The van der Waals surface area contributed by atoms with Crippen LogP contribution in [0.25, 0.3) is 0 Å². The van der Waals surface area contributed by atoms with Crippen LogP contribution in [0.2, 0.25) is 0 Å². The van der Waals surface area contributed by atoms with Crippen molar-refractivity contribution in [2.75, 3.05) is 6.61 Å². The van der Waals surface area contributed by atoms with Crippen LogP contribution in [0.15, 0.2) is 12.1 Å². The van der Waals surface area contributed by atoms with Gasteiger partial charge in [0.15, 0.2) is 6.61 Å². The van der Waals surface area contributed by atoms with Gasteiger partial charge in [-0.25, -0.2) is 9.59 Å². The molecule has 0 heterocycles. The summed E-state index contributed by atoms with van der Waals surface area (Å²) in [6.07, 6.45) is 0. The summed E-state index contributed by atoms with van der Waals surface area (Å²) >= 11 is 3.46. The standard InChI is InChI=1S/C10H6F2I2O5/c11-10(12,9(17)18)3-19-8(16)7-5(13)1-4(15)2-6(7)14/h1-2,15H,3H2,(H,17,18). The van der Waals surface area contributed by atoms with Crippen molar-refractivity contribution < 1.29 is 33.3 Å². The molecule has 1 aromatic carbocycles. The lowest BCUT2D eigenvalue weighted by Gasteiger charge is -2.13. The number of rotatable bonds is 4. The fourth-order valence-electron chi connectivity index (χ4n) is 1.04. The number of hydrogen-bond acceptors (Lipinski definition) is 4. The fraction of sp³-hybridized carbons (Fsp3) is 0.200. The Morgan fingerprint density at radius 3 is 2.16 bits per heavy atom. The van der Waals surface area contributed by atoms with Gasteiger partial charge in [0.1, 0.15) is 5.75 Å². The molecule has 0 aliphatic rings. The van der Waals surface area contributed by atoms with Gasteiger partial charge in [-0.3, -0.25) is 0 Å². The number of aliphatic carboxylic acids is 1. The predicted octanol–water partition coefficient (Wildman–Crippen LogP) is 2.48. The lowest BCUT2D eigenvalue weighted by atomic mass is 10.2. The minimum atomic E-state index is -4.14. The molecular formula is C10H6F2I2O5. The third-order valence-corrected chi connectivity index (χ3v) is 3.63. The van der Waals surface area contributed by atoms with Crippen LogP contribution in [0.4, 0.5) is 8.78 Å². The molecule has 0 fully saturated rings. The van der Waals surface area contributed by atoms with E-state index in [1.165, 1.54) is 12.1 Å². The Morgan fingerprint density at radius 1 is 1.26 bits per heavy atom. The monoisotopic (exact) mass is 498 g/mol. The van der Waals surface area contributed by atoms with Crippen LogP contribution >= 0.6 is 45.2 Å². The Balaban J connectivity index is 2.89. The van der Waals surface area contributed by atoms with E-state index in [-0.39, 0.29) is 11.3 Å². The number of hydrogen-bond donors (Lipinski definition) is 2. The molecule has 0 aliphatic heterocycles. The van der Waals surface area contributed by atoms with Gasteiger partial charge in [-0.1, -0.05) is 0 Å². The van der Waals surface area contributed by atoms with E-state index in [0.29, 0.717) is 7.14 Å². The van der Waals surface area contributed by atoms with E-state index >= 15 is 0 Å². The molecule has 0 bridgehead atoms. The lowest BCUT2D eigenvalue weighted by Crippen LogP contribution is -2.34. The number of alkyl halides is 2. The Morgan fingerprint density at radius 2 is 1.74 bits per heavy atom. The fourth-order valence-corrected chi connectivity index (χ4v) is 3.22. The molecule has 0 amide bonds. The quantitative estimate of drug-likeness (QED) is 0.493. The van der Waals surface area contributed by atoms with Crippen molar-refractivity contribution in [1.29, 1.82) is 0 Å². The third-order valence-electron chi connectivity index (χ3n) is 1.93. The van der Waals surface area contributed by atoms with Gasteiger partial charge in [-0.2, -0.15) is 8.78 Å². The summed E-state index contributed by atoms with van der Waals surface area (Å²) in [4.78, 5) is 21.8. The van der Waals surface area contributed by atoms with Crippen LogP contribution in [0, 0.1) is 7.14 Å². The van der Waals surface area contributed by atoms with Gasteiger partial charge in [0, 0.05) is 7.14 Å². The molecule has 0 spiro atoms. The van der Waals surface area contributed by atoms with E-state index in [9.17, 15) is 23.5 Å². The predicted molar refractivity (Wildman–Crippen MR) is 76.4 cm³/mol. The van der Waals surface area contributed by atoms with Gasteiger partial charge >= 0.3 is 17.9 Å². The molecule has 0 aliphatic carbocycles. The summed E-state index contributed by atoms with van der Waals surface area (Å²) in [6.45, 7) is -1.55. The number of ether oxygens (including phenoxy) is 1.